The smallest absolute Gasteiger partial charge is 0.223 e. The van der Waals surface area contributed by atoms with E-state index >= 15 is 0 Å². The van der Waals surface area contributed by atoms with Crippen molar-refractivity contribution < 1.29 is 24.2 Å². The molecule has 1 aliphatic heterocycles. The number of aliphatic hydroxyl groups is 1. The minimum Gasteiger partial charge on any atom is -0.496 e. The standard InChI is InChI=1S/C25H32N4O5/c1-14(2)9-16(11-21(30)20-12-17-18(28-20)5-4-6-23(17)34-3)25(33)29-19(22(31)13-26)10-15-7-8-27-24(15)32/h4-6,12,14-16,19,22,28,31H,7-11H2,1-3H3,(H,27,32)(H,29,33)/t15-,16+,19?,22?/m0/s1. The van der Waals surface area contributed by atoms with Gasteiger partial charge in [-0.15, -0.1) is 0 Å². The first-order valence-electron chi connectivity index (χ1n) is 11.6. The monoisotopic (exact) mass is 468 g/mol. The predicted molar refractivity (Wildman–Crippen MR) is 126 cm³/mol. The molecule has 2 heterocycles. The Balaban J connectivity index is 1.75. The highest BCUT2D eigenvalue weighted by molar-refractivity contribution is 6.02. The summed E-state index contributed by atoms with van der Waals surface area (Å²) in [6.45, 7) is 4.46. The number of nitrogens with one attached hydrogen (secondary N) is 3. The van der Waals surface area contributed by atoms with Crippen LogP contribution in [0.15, 0.2) is 24.3 Å². The van der Waals surface area contributed by atoms with Crippen LogP contribution < -0.4 is 15.4 Å². The van der Waals surface area contributed by atoms with Gasteiger partial charge >= 0.3 is 0 Å². The van der Waals surface area contributed by atoms with Crippen LogP contribution in [0.5, 0.6) is 5.75 Å². The van der Waals surface area contributed by atoms with E-state index in [1.54, 1.807) is 19.2 Å². The van der Waals surface area contributed by atoms with Crippen LogP contribution in [0.1, 0.15) is 50.0 Å². The SMILES string of the molecule is COc1cccc2[nH]c(C(=O)C[C@@H](CC(C)C)C(=O)NC(C[C@@H]3CCNC3=O)C(O)C#N)cc12. The molecule has 9 nitrogen and oxygen atoms in total. The number of benzene rings is 1. The molecule has 9 heteroatoms. The lowest BCUT2D eigenvalue weighted by Gasteiger charge is -2.25. The summed E-state index contributed by atoms with van der Waals surface area (Å²) in [6, 6.07) is 8.07. The summed E-state index contributed by atoms with van der Waals surface area (Å²) in [7, 11) is 1.56. The number of Topliss-reactive ketones (excluding diaryl/α,β-unsaturated/α-hetero) is 1. The van der Waals surface area contributed by atoms with E-state index in [2.05, 4.69) is 15.6 Å². The van der Waals surface area contributed by atoms with Gasteiger partial charge in [0.25, 0.3) is 0 Å². The number of carbonyl (C=O) groups excluding carboxylic acids is 3. The van der Waals surface area contributed by atoms with Crippen molar-refractivity contribution in [3.05, 3.63) is 30.0 Å². The van der Waals surface area contributed by atoms with Crippen molar-refractivity contribution in [3.8, 4) is 11.8 Å². The third-order valence-corrected chi connectivity index (χ3v) is 6.25. The number of hydrogen-bond acceptors (Lipinski definition) is 6. The fraction of sp³-hybridized carbons (Fsp3) is 0.520. The number of fused-ring (bicyclic) bond motifs is 1. The lowest BCUT2D eigenvalue weighted by Crippen LogP contribution is -2.47. The summed E-state index contributed by atoms with van der Waals surface area (Å²) in [6.07, 6.45) is -0.273. The molecule has 2 amide bonds. The molecule has 4 atom stereocenters. The summed E-state index contributed by atoms with van der Waals surface area (Å²) in [4.78, 5) is 41.4. The van der Waals surface area contributed by atoms with Crippen molar-refractivity contribution in [2.24, 2.45) is 17.8 Å². The fourth-order valence-electron chi connectivity index (χ4n) is 4.48. The predicted octanol–water partition coefficient (Wildman–Crippen LogP) is 2.31. The average molecular weight is 469 g/mol. The maximum atomic E-state index is 13.2. The summed E-state index contributed by atoms with van der Waals surface area (Å²) >= 11 is 0. The molecule has 2 aromatic rings. The van der Waals surface area contributed by atoms with Crippen LogP contribution in [0.25, 0.3) is 10.9 Å². The van der Waals surface area contributed by atoms with Crippen LogP contribution in [-0.4, -0.2) is 53.5 Å². The van der Waals surface area contributed by atoms with E-state index in [0.29, 0.717) is 30.8 Å². The second-order valence-electron chi connectivity index (χ2n) is 9.26. The third-order valence-electron chi connectivity index (χ3n) is 6.25. The molecule has 0 radical (unpaired) electrons. The molecule has 1 fully saturated rings. The number of carbonyl (C=O) groups is 3. The van der Waals surface area contributed by atoms with Gasteiger partial charge in [0, 0.05) is 35.7 Å². The first-order chi connectivity index (χ1) is 16.2. The molecule has 3 rings (SSSR count). The van der Waals surface area contributed by atoms with Crippen molar-refractivity contribution in [3.63, 3.8) is 0 Å². The number of ether oxygens (including phenoxy) is 1. The number of nitriles is 1. The van der Waals surface area contributed by atoms with Crippen molar-refractivity contribution in [1.82, 2.24) is 15.6 Å². The van der Waals surface area contributed by atoms with Crippen molar-refractivity contribution in [2.45, 2.75) is 51.7 Å². The first kappa shape index (κ1) is 25.2. The van der Waals surface area contributed by atoms with Gasteiger partial charge in [0.05, 0.1) is 24.9 Å². The minimum absolute atomic E-state index is 0.0293. The van der Waals surface area contributed by atoms with Crippen LogP contribution >= 0.6 is 0 Å². The van der Waals surface area contributed by atoms with Crippen LogP contribution in [0.2, 0.25) is 0 Å². The van der Waals surface area contributed by atoms with Gasteiger partial charge in [-0.3, -0.25) is 14.4 Å². The van der Waals surface area contributed by atoms with Crippen LogP contribution in [-0.2, 0) is 9.59 Å². The summed E-state index contributed by atoms with van der Waals surface area (Å²) in [5, 5.41) is 25.7. The Labute approximate surface area is 198 Å². The molecular formula is C25H32N4O5. The summed E-state index contributed by atoms with van der Waals surface area (Å²) in [5.74, 6) is -1.00. The number of rotatable bonds is 11. The highest BCUT2D eigenvalue weighted by atomic mass is 16.5. The van der Waals surface area contributed by atoms with Gasteiger partial charge < -0.3 is 25.5 Å². The molecular weight excluding hydrogens is 436 g/mol. The Morgan fingerprint density at radius 1 is 1.35 bits per heavy atom. The Bertz CT molecular complexity index is 1090. The number of aromatic amines is 1. The van der Waals surface area contributed by atoms with E-state index in [9.17, 15) is 24.8 Å². The molecule has 4 N–H and O–H groups in total. The quantitative estimate of drug-likeness (QED) is 0.294. The number of nitrogens with zero attached hydrogens (tertiary/aromatic N) is 1. The molecule has 0 bridgehead atoms. The number of amides is 2. The second-order valence-corrected chi connectivity index (χ2v) is 9.26. The van der Waals surface area contributed by atoms with E-state index < -0.39 is 24.0 Å². The van der Waals surface area contributed by atoms with E-state index in [-0.39, 0.29) is 36.4 Å². The average Bonchev–Trinajstić information content (AvgIpc) is 3.43. The van der Waals surface area contributed by atoms with Gasteiger partial charge in [0.2, 0.25) is 11.8 Å². The molecule has 1 saturated heterocycles. The summed E-state index contributed by atoms with van der Waals surface area (Å²) in [5.41, 5.74) is 1.15. The zero-order valence-corrected chi connectivity index (χ0v) is 19.8. The van der Waals surface area contributed by atoms with Crippen LogP contribution in [0.3, 0.4) is 0 Å². The van der Waals surface area contributed by atoms with Gasteiger partial charge in [-0.25, -0.2) is 0 Å². The number of aliphatic hydroxyl groups excluding tert-OH is 1. The molecule has 1 aliphatic rings. The molecule has 0 aliphatic carbocycles. The topological polar surface area (TPSA) is 144 Å². The molecule has 1 aromatic heterocycles. The number of hydrogen-bond donors (Lipinski definition) is 4. The van der Waals surface area contributed by atoms with Crippen molar-refractivity contribution in [1.29, 1.82) is 5.26 Å². The van der Waals surface area contributed by atoms with Gasteiger partial charge in [-0.1, -0.05) is 19.9 Å². The highest BCUT2D eigenvalue weighted by Crippen LogP contribution is 2.28. The van der Waals surface area contributed by atoms with Gasteiger partial charge in [0.15, 0.2) is 11.9 Å². The Morgan fingerprint density at radius 2 is 2.12 bits per heavy atom. The van der Waals surface area contributed by atoms with Crippen LogP contribution in [0, 0.1) is 29.1 Å². The summed E-state index contributed by atoms with van der Waals surface area (Å²) < 4.78 is 5.36. The third kappa shape index (κ3) is 5.94. The molecule has 0 saturated carbocycles. The van der Waals surface area contributed by atoms with Gasteiger partial charge in [-0.2, -0.15) is 5.26 Å². The number of aromatic nitrogens is 1. The second kappa shape index (κ2) is 11.2. The number of H-pyrrole nitrogens is 1. The molecule has 2 unspecified atom stereocenters. The minimum atomic E-state index is -1.45. The normalized spacial score (nSPS) is 18.2. The highest BCUT2D eigenvalue weighted by Gasteiger charge is 2.33. The maximum Gasteiger partial charge on any atom is 0.223 e. The van der Waals surface area contributed by atoms with Crippen molar-refractivity contribution >= 4 is 28.5 Å². The first-order valence-corrected chi connectivity index (χ1v) is 11.6. The van der Waals surface area contributed by atoms with Gasteiger partial charge in [-0.05, 0) is 43.4 Å². The molecule has 0 spiro atoms. The van der Waals surface area contributed by atoms with E-state index in [4.69, 9.17) is 4.74 Å². The fourth-order valence-corrected chi connectivity index (χ4v) is 4.48. The number of ketones is 1. The molecule has 1 aromatic carbocycles. The lowest BCUT2D eigenvalue weighted by atomic mass is 9.89. The van der Waals surface area contributed by atoms with Crippen LogP contribution in [0.4, 0.5) is 0 Å². The zero-order chi connectivity index (χ0) is 24.8. The molecule has 34 heavy (non-hydrogen) atoms. The molecule has 182 valence electrons. The van der Waals surface area contributed by atoms with Gasteiger partial charge in [0.1, 0.15) is 5.75 Å². The van der Waals surface area contributed by atoms with E-state index in [1.165, 1.54) is 0 Å². The number of methoxy groups -OCH3 is 1. The van der Waals surface area contributed by atoms with E-state index in [1.807, 2.05) is 32.0 Å². The lowest BCUT2D eigenvalue weighted by molar-refractivity contribution is -0.128. The zero-order valence-electron chi connectivity index (χ0n) is 19.8. The Morgan fingerprint density at radius 3 is 2.74 bits per heavy atom. The largest absolute Gasteiger partial charge is 0.496 e. The Kier molecular flexibility index (Phi) is 8.29. The maximum absolute atomic E-state index is 13.2. The Hall–Kier alpha value is -3.38. The van der Waals surface area contributed by atoms with E-state index in [0.717, 1.165) is 10.9 Å². The van der Waals surface area contributed by atoms with Crippen molar-refractivity contribution in [2.75, 3.05) is 13.7 Å².